The van der Waals surface area contributed by atoms with Gasteiger partial charge in [0.15, 0.2) is 5.82 Å². The first kappa shape index (κ1) is 28.5. The summed E-state index contributed by atoms with van der Waals surface area (Å²) in [5.41, 5.74) is 9.91. The van der Waals surface area contributed by atoms with Crippen LogP contribution in [-0.4, -0.2) is 83.2 Å². The quantitative estimate of drug-likeness (QED) is 0.197. The van der Waals surface area contributed by atoms with Crippen LogP contribution in [0.25, 0.3) is 11.6 Å². The van der Waals surface area contributed by atoms with Crippen LogP contribution in [0.2, 0.25) is 5.15 Å². The number of anilines is 2. The number of hydrogen-bond acceptors (Lipinski definition) is 9. The standard InChI is InChI=1S/C28H33ClN8O4/c1-16-13-33-21(17(2)23(16)40-3)15-37-25-22(24(29)34-28(30)35-25)20(27(37)39)12-19-11-18(14-32-19)26(38)31-5-4-6-36-7-9-41-10-8-36/h11-14,32H,4-10,15H2,1-3H3,(H,31,38)(H2,30,34,35)/b20-12+. The number of nitrogens with one attached hydrogen (secondary N) is 2. The number of aromatic nitrogens is 4. The van der Waals surface area contributed by atoms with Crippen LogP contribution >= 0.6 is 11.6 Å². The van der Waals surface area contributed by atoms with Gasteiger partial charge < -0.3 is 25.5 Å². The maximum absolute atomic E-state index is 13.7. The van der Waals surface area contributed by atoms with Crippen LogP contribution in [0.4, 0.5) is 11.8 Å². The lowest BCUT2D eigenvalue weighted by molar-refractivity contribution is -0.113. The Kier molecular flexibility index (Phi) is 8.52. The summed E-state index contributed by atoms with van der Waals surface area (Å²) in [6, 6.07) is 1.68. The van der Waals surface area contributed by atoms with Crippen LogP contribution in [0.5, 0.6) is 5.75 Å². The van der Waals surface area contributed by atoms with Crippen LogP contribution in [0.3, 0.4) is 0 Å². The molecule has 1 saturated heterocycles. The van der Waals surface area contributed by atoms with Gasteiger partial charge in [-0.15, -0.1) is 0 Å². The molecule has 2 aliphatic rings. The van der Waals surface area contributed by atoms with Crippen molar-refractivity contribution in [2.24, 2.45) is 0 Å². The highest BCUT2D eigenvalue weighted by Gasteiger charge is 2.37. The maximum atomic E-state index is 13.7. The number of carbonyl (C=O) groups excluding carboxylic acids is 2. The van der Waals surface area contributed by atoms with E-state index in [-0.39, 0.29) is 35.0 Å². The Labute approximate surface area is 242 Å². The first-order valence-corrected chi connectivity index (χ1v) is 13.8. The molecule has 0 radical (unpaired) electrons. The van der Waals surface area contributed by atoms with Crippen molar-refractivity contribution in [3.63, 3.8) is 0 Å². The number of halogens is 1. The van der Waals surface area contributed by atoms with Gasteiger partial charge in [-0.25, -0.2) is 4.98 Å². The molecule has 0 aliphatic carbocycles. The number of aryl methyl sites for hydroxylation is 1. The normalized spacial score (nSPS) is 16.3. The van der Waals surface area contributed by atoms with Crippen molar-refractivity contribution in [3.05, 3.63) is 57.3 Å². The second-order valence-electron chi connectivity index (χ2n) is 9.97. The van der Waals surface area contributed by atoms with Gasteiger partial charge in [-0.1, -0.05) is 11.6 Å². The van der Waals surface area contributed by atoms with E-state index in [9.17, 15) is 9.59 Å². The monoisotopic (exact) mass is 580 g/mol. The molecule has 2 aliphatic heterocycles. The lowest BCUT2D eigenvalue weighted by Crippen LogP contribution is -2.38. The van der Waals surface area contributed by atoms with Gasteiger partial charge in [-0.3, -0.25) is 24.4 Å². The van der Waals surface area contributed by atoms with Crippen molar-refractivity contribution in [1.29, 1.82) is 0 Å². The summed E-state index contributed by atoms with van der Waals surface area (Å²) >= 11 is 6.48. The fourth-order valence-corrected chi connectivity index (χ4v) is 5.36. The SMILES string of the molecule is COc1c(C)cnc(CN2C(=O)/C(=C/c3cc(C(=O)NCCCN4CCOCC4)c[nH]3)c3c(Cl)nc(N)nc32)c1C. The molecular formula is C28H33ClN8O4. The van der Waals surface area contributed by atoms with Crippen molar-refractivity contribution in [3.8, 4) is 5.75 Å². The second-order valence-corrected chi connectivity index (χ2v) is 10.3. The minimum atomic E-state index is -0.341. The number of nitrogens with zero attached hydrogens (tertiary/aromatic N) is 5. The molecule has 41 heavy (non-hydrogen) atoms. The predicted molar refractivity (Wildman–Crippen MR) is 156 cm³/mol. The first-order chi connectivity index (χ1) is 19.8. The minimum absolute atomic E-state index is 0.0496. The van der Waals surface area contributed by atoms with E-state index in [1.165, 1.54) is 4.90 Å². The number of fused-ring (bicyclic) bond motifs is 1. The Morgan fingerprint density at radius 2 is 2.07 bits per heavy atom. The molecule has 3 aromatic heterocycles. The molecule has 0 bridgehead atoms. The van der Waals surface area contributed by atoms with E-state index in [4.69, 9.17) is 26.8 Å². The van der Waals surface area contributed by atoms with Gasteiger partial charge >= 0.3 is 0 Å². The van der Waals surface area contributed by atoms with Gasteiger partial charge in [0.25, 0.3) is 11.8 Å². The van der Waals surface area contributed by atoms with Gasteiger partial charge in [-0.05, 0) is 39.0 Å². The highest BCUT2D eigenvalue weighted by molar-refractivity contribution is 6.41. The first-order valence-electron chi connectivity index (χ1n) is 13.4. The fourth-order valence-electron chi connectivity index (χ4n) is 5.09. The fraction of sp³-hybridized carbons (Fsp3) is 0.393. The lowest BCUT2D eigenvalue weighted by atomic mass is 10.1. The molecule has 1 fully saturated rings. The van der Waals surface area contributed by atoms with Crippen molar-refractivity contribution in [2.75, 3.05) is 57.1 Å². The molecule has 3 aromatic rings. The van der Waals surface area contributed by atoms with E-state index in [2.05, 4.69) is 30.2 Å². The van der Waals surface area contributed by atoms with Crippen molar-refractivity contribution in [2.45, 2.75) is 26.8 Å². The zero-order valence-corrected chi connectivity index (χ0v) is 24.0. The van der Waals surface area contributed by atoms with Gasteiger partial charge in [0.1, 0.15) is 10.9 Å². The van der Waals surface area contributed by atoms with E-state index in [1.807, 2.05) is 13.8 Å². The number of nitrogens with two attached hydrogens (primary N) is 1. The Morgan fingerprint density at radius 3 is 2.83 bits per heavy atom. The Bertz CT molecular complexity index is 1500. The van der Waals surface area contributed by atoms with Crippen LogP contribution < -0.4 is 20.7 Å². The zero-order chi connectivity index (χ0) is 29.1. The molecule has 0 spiro atoms. The Hall–Kier alpha value is -4.00. The maximum Gasteiger partial charge on any atom is 0.260 e. The number of ether oxygens (including phenoxy) is 2. The predicted octanol–water partition coefficient (Wildman–Crippen LogP) is 2.60. The molecule has 5 heterocycles. The molecule has 5 rings (SSSR count). The van der Waals surface area contributed by atoms with E-state index in [1.54, 1.807) is 31.6 Å². The van der Waals surface area contributed by atoms with Crippen molar-refractivity contribution >= 4 is 46.8 Å². The van der Waals surface area contributed by atoms with E-state index in [0.29, 0.717) is 40.6 Å². The highest BCUT2D eigenvalue weighted by Crippen LogP contribution is 2.41. The average Bonchev–Trinajstić information content (AvgIpc) is 3.52. The summed E-state index contributed by atoms with van der Waals surface area (Å²) < 4.78 is 10.9. The number of hydrogen-bond donors (Lipinski definition) is 3. The number of methoxy groups -OCH3 is 1. The number of rotatable bonds is 9. The number of morpholine rings is 1. The number of aromatic amines is 1. The van der Waals surface area contributed by atoms with Crippen LogP contribution in [0.1, 0.15) is 44.9 Å². The van der Waals surface area contributed by atoms with Gasteiger partial charge in [0.05, 0.1) is 49.3 Å². The lowest BCUT2D eigenvalue weighted by Gasteiger charge is -2.26. The smallest absolute Gasteiger partial charge is 0.260 e. The van der Waals surface area contributed by atoms with Gasteiger partial charge in [0.2, 0.25) is 5.95 Å². The summed E-state index contributed by atoms with van der Waals surface area (Å²) in [6.07, 6.45) is 5.79. The number of nitrogen functional groups attached to an aromatic ring is 1. The van der Waals surface area contributed by atoms with Crippen molar-refractivity contribution in [1.82, 2.24) is 30.2 Å². The van der Waals surface area contributed by atoms with Crippen LogP contribution in [0.15, 0.2) is 18.5 Å². The summed E-state index contributed by atoms with van der Waals surface area (Å²) in [4.78, 5) is 46.3. The third kappa shape index (κ3) is 6.04. The third-order valence-electron chi connectivity index (χ3n) is 7.23. The average molecular weight is 581 g/mol. The number of H-pyrrole nitrogens is 1. The molecule has 4 N–H and O–H groups in total. The topological polar surface area (TPSA) is 152 Å². The van der Waals surface area contributed by atoms with Crippen LogP contribution in [-0.2, 0) is 16.1 Å². The second kappa shape index (κ2) is 12.2. The van der Waals surface area contributed by atoms with E-state index >= 15 is 0 Å². The Morgan fingerprint density at radius 1 is 1.29 bits per heavy atom. The highest BCUT2D eigenvalue weighted by atomic mass is 35.5. The molecule has 0 atom stereocenters. The zero-order valence-electron chi connectivity index (χ0n) is 23.3. The Balaban J connectivity index is 1.34. The van der Waals surface area contributed by atoms with Gasteiger partial charge in [0, 0.05) is 48.8 Å². The third-order valence-corrected chi connectivity index (χ3v) is 7.50. The molecule has 216 valence electrons. The van der Waals surface area contributed by atoms with Crippen LogP contribution in [0, 0.1) is 13.8 Å². The largest absolute Gasteiger partial charge is 0.496 e. The molecular weight excluding hydrogens is 548 g/mol. The molecule has 2 amide bonds. The number of pyridine rings is 1. The van der Waals surface area contributed by atoms with E-state index < -0.39 is 0 Å². The molecule has 0 aromatic carbocycles. The summed E-state index contributed by atoms with van der Waals surface area (Å²) in [6.45, 7) is 8.72. The minimum Gasteiger partial charge on any atom is -0.496 e. The summed E-state index contributed by atoms with van der Waals surface area (Å²) in [5, 5.41) is 3.01. The summed E-state index contributed by atoms with van der Waals surface area (Å²) in [7, 11) is 1.60. The molecule has 0 saturated carbocycles. The van der Waals surface area contributed by atoms with E-state index in [0.717, 1.165) is 50.4 Å². The van der Waals surface area contributed by atoms with Crippen molar-refractivity contribution < 1.29 is 19.1 Å². The molecule has 13 heteroatoms. The number of amides is 2. The summed E-state index contributed by atoms with van der Waals surface area (Å²) in [5.74, 6) is 0.412. The number of carbonyl (C=O) groups is 2. The molecule has 12 nitrogen and oxygen atoms in total. The van der Waals surface area contributed by atoms with Gasteiger partial charge in [-0.2, -0.15) is 4.98 Å². The molecule has 0 unspecified atom stereocenters.